The summed E-state index contributed by atoms with van der Waals surface area (Å²) >= 11 is 1.69. The minimum absolute atomic E-state index is 0.532. The molecule has 3 aromatic rings. The molecular formula is C17H19N3S. The van der Waals surface area contributed by atoms with Crippen LogP contribution >= 0.6 is 11.3 Å². The molecular weight excluding hydrogens is 278 g/mol. The highest BCUT2D eigenvalue weighted by molar-refractivity contribution is 7.13. The van der Waals surface area contributed by atoms with Crippen LogP contribution in [0.15, 0.2) is 41.8 Å². The van der Waals surface area contributed by atoms with Gasteiger partial charge >= 0.3 is 0 Å². The smallest absolute Gasteiger partial charge is 0.130 e. The Hall–Kier alpha value is -2.07. The normalized spacial score (nSPS) is 11.2. The maximum atomic E-state index is 6.22. The lowest BCUT2D eigenvalue weighted by atomic mass is 9.99. The highest BCUT2D eigenvalue weighted by atomic mass is 32.1. The lowest BCUT2D eigenvalue weighted by Gasteiger charge is -2.06. The summed E-state index contributed by atoms with van der Waals surface area (Å²) in [5, 5.41) is 6.67. The van der Waals surface area contributed by atoms with Crippen LogP contribution in [0.3, 0.4) is 0 Å². The first-order valence-corrected chi connectivity index (χ1v) is 7.92. The quantitative estimate of drug-likeness (QED) is 0.772. The van der Waals surface area contributed by atoms with Gasteiger partial charge in [0, 0.05) is 17.5 Å². The van der Waals surface area contributed by atoms with Crippen molar-refractivity contribution in [3.8, 4) is 21.7 Å². The van der Waals surface area contributed by atoms with E-state index in [0.29, 0.717) is 11.7 Å². The van der Waals surface area contributed by atoms with E-state index in [1.54, 1.807) is 16.0 Å². The lowest BCUT2D eigenvalue weighted by molar-refractivity contribution is 0.782. The summed E-state index contributed by atoms with van der Waals surface area (Å²) in [5.41, 5.74) is 10.6. The molecule has 3 rings (SSSR count). The number of benzene rings is 1. The van der Waals surface area contributed by atoms with Gasteiger partial charge in [-0.05, 0) is 22.9 Å². The number of anilines is 1. The average Bonchev–Trinajstić information content (AvgIpc) is 3.08. The topological polar surface area (TPSA) is 43.8 Å². The molecule has 108 valence electrons. The van der Waals surface area contributed by atoms with E-state index in [4.69, 9.17) is 5.73 Å². The Balaban J connectivity index is 2.12. The van der Waals surface area contributed by atoms with Crippen molar-refractivity contribution in [1.82, 2.24) is 9.78 Å². The minimum Gasteiger partial charge on any atom is -0.383 e. The fourth-order valence-corrected chi connectivity index (χ4v) is 3.21. The van der Waals surface area contributed by atoms with Gasteiger partial charge in [-0.25, -0.2) is 0 Å². The van der Waals surface area contributed by atoms with Gasteiger partial charge in [0.2, 0.25) is 0 Å². The van der Waals surface area contributed by atoms with Gasteiger partial charge in [0.05, 0.1) is 5.56 Å². The standard InChI is InChI=1S/C17H19N3S/c1-11(2)12-6-8-13(9-7-12)16-15(14-5-4-10-21-14)17(18)20(3)19-16/h4-11H,18H2,1-3H3. The summed E-state index contributed by atoms with van der Waals surface area (Å²) in [6.45, 7) is 4.40. The third-order valence-electron chi connectivity index (χ3n) is 3.71. The lowest BCUT2D eigenvalue weighted by Crippen LogP contribution is -1.97. The molecule has 0 aliphatic rings. The van der Waals surface area contributed by atoms with Crippen molar-refractivity contribution in [3.63, 3.8) is 0 Å². The highest BCUT2D eigenvalue weighted by Gasteiger charge is 2.18. The van der Waals surface area contributed by atoms with Crippen LogP contribution < -0.4 is 5.73 Å². The predicted octanol–water partition coefficient (Wildman–Crippen LogP) is 4.52. The van der Waals surface area contributed by atoms with Crippen LogP contribution in [-0.2, 0) is 7.05 Å². The number of aromatic nitrogens is 2. The summed E-state index contributed by atoms with van der Waals surface area (Å²) < 4.78 is 1.75. The summed E-state index contributed by atoms with van der Waals surface area (Å²) in [5.74, 6) is 1.24. The molecule has 0 aliphatic carbocycles. The zero-order valence-corrected chi connectivity index (χ0v) is 13.3. The fourth-order valence-electron chi connectivity index (χ4n) is 2.43. The Labute approximate surface area is 129 Å². The zero-order chi connectivity index (χ0) is 15.0. The Bertz CT molecular complexity index is 737. The van der Waals surface area contributed by atoms with Crippen molar-refractivity contribution in [1.29, 1.82) is 0 Å². The number of rotatable bonds is 3. The summed E-state index contributed by atoms with van der Waals surface area (Å²) in [6, 6.07) is 12.7. The van der Waals surface area contributed by atoms with Crippen LogP contribution in [0.4, 0.5) is 5.82 Å². The molecule has 0 amide bonds. The van der Waals surface area contributed by atoms with E-state index in [0.717, 1.165) is 21.7 Å². The highest BCUT2D eigenvalue weighted by Crippen LogP contribution is 2.38. The third kappa shape index (κ3) is 2.47. The first kappa shape index (κ1) is 13.9. The average molecular weight is 297 g/mol. The number of nitrogens with two attached hydrogens (primary N) is 1. The monoisotopic (exact) mass is 297 g/mol. The van der Waals surface area contributed by atoms with Crippen LogP contribution in [0, 0.1) is 0 Å². The number of thiophene rings is 1. The molecule has 2 N–H and O–H groups in total. The van der Waals surface area contributed by atoms with Crippen molar-refractivity contribution in [2.45, 2.75) is 19.8 Å². The molecule has 0 radical (unpaired) electrons. The predicted molar refractivity (Wildman–Crippen MR) is 90.5 cm³/mol. The van der Waals surface area contributed by atoms with Crippen molar-refractivity contribution < 1.29 is 0 Å². The molecule has 21 heavy (non-hydrogen) atoms. The summed E-state index contributed by atoms with van der Waals surface area (Å²) in [6.07, 6.45) is 0. The number of aryl methyl sites for hydroxylation is 1. The molecule has 1 aromatic carbocycles. The van der Waals surface area contributed by atoms with Gasteiger partial charge in [0.15, 0.2) is 0 Å². The van der Waals surface area contributed by atoms with E-state index in [2.05, 4.69) is 54.7 Å². The van der Waals surface area contributed by atoms with Gasteiger partial charge in [-0.15, -0.1) is 11.3 Å². The molecule has 0 fully saturated rings. The van der Waals surface area contributed by atoms with E-state index in [-0.39, 0.29) is 0 Å². The second-order valence-electron chi connectivity index (χ2n) is 5.49. The van der Waals surface area contributed by atoms with Gasteiger partial charge in [0.1, 0.15) is 11.5 Å². The van der Waals surface area contributed by atoms with Crippen molar-refractivity contribution in [3.05, 3.63) is 47.3 Å². The molecule has 0 bridgehead atoms. The summed E-state index contributed by atoms with van der Waals surface area (Å²) in [7, 11) is 1.89. The molecule has 0 spiro atoms. The molecule has 3 nitrogen and oxygen atoms in total. The zero-order valence-electron chi connectivity index (χ0n) is 12.5. The second-order valence-corrected chi connectivity index (χ2v) is 6.43. The molecule has 4 heteroatoms. The Morgan fingerprint density at radius 1 is 1.14 bits per heavy atom. The second kappa shape index (κ2) is 5.37. The van der Waals surface area contributed by atoms with Crippen LogP contribution in [0.25, 0.3) is 21.7 Å². The number of hydrogen-bond acceptors (Lipinski definition) is 3. The van der Waals surface area contributed by atoms with E-state index in [1.807, 2.05) is 13.1 Å². The van der Waals surface area contributed by atoms with Crippen LogP contribution in [0.1, 0.15) is 25.3 Å². The maximum Gasteiger partial charge on any atom is 0.130 e. The largest absolute Gasteiger partial charge is 0.383 e. The molecule has 2 heterocycles. The van der Waals surface area contributed by atoms with E-state index in [9.17, 15) is 0 Å². The fraction of sp³-hybridized carbons (Fsp3) is 0.235. The van der Waals surface area contributed by atoms with Crippen LogP contribution in [-0.4, -0.2) is 9.78 Å². The van der Waals surface area contributed by atoms with E-state index in [1.165, 1.54) is 5.56 Å². The Kier molecular flexibility index (Phi) is 3.55. The number of nitrogen functional groups attached to an aromatic ring is 1. The molecule has 2 aromatic heterocycles. The first-order chi connectivity index (χ1) is 10.1. The van der Waals surface area contributed by atoms with Crippen molar-refractivity contribution >= 4 is 17.2 Å². The van der Waals surface area contributed by atoms with Gasteiger partial charge in [-0.2, -0.15) is 5.10 Å². The van der Waals surface area contributed by atoms with E-state index < -0.39 is 0 Å². The Morgan fingerprint density at radius 2 is 1.86 bits per heavy atom. The SMILES string of the molecule is CC(C)c1ccc(-c2nn(C)c(N)c2-c2cccs2)cc1. The third-order valence-corrected chi connectivity index (χ3v) is 4.60. The van der Waals surface area contributed by atoms with Crippen molar-refractivity contribution in [2.75, 3.05) is 5.73 Å². The molecule has 0 atom stereocenters. The van der Waals surface area contributed by atoms with Crippen LogP contribution in [0.2, 0.25) is 0 Å². The van der Waals surface area contributed by atoms with Crippen molar-refractivity contribution in [2.24, 2.45) is 7.05 Å². The van der Waals surface area contributed by atoms with E-state index >= 15 is 0 Å². The first-order valence-electron chi connectivity index (χ1n) is 7.04. The Morgan fingerprint density at radius 3 is 2.43 bits per heavy atom. The minimum atomic E-state index is 0.532. The summed E-state index contributed by atoms with van der Waals surface area (Å²) in [4.78, 5) is 1.16. The van der Waals surface area contributed by atoms with Crippen LogP contribution in [0.5, 0.6) is 0 Å². The van der Waals surface area contributed by atoms with Gasteiger partial charge in [0.25, 0.3) is 0 Å². The van der Waals surface area contributed by atoms with Gasteiger partial charge < -0.3 is 5.73 Å². The number of nitrogens with zero attached hydrogens (tertiary/aromatic N) is 2. The molecule has 0 saturated heterocycles. The molecule has 0 saturated carbocycles. The maximum absolute atomic E-state index is 6.22. The van der Waals surface area contributed by atoms with Gasteiger partial charge in [-0.3, -0.25) is 4.68 Å². The van der Waals surface area contributed by atoms with Gasteiger partial charge in [-0.1, -0.05) is 44.2 Å². The molecule has 0 unspecified atom stereocenters. The number of hydrogen-bond donors (Lipinski definition) is 1. The molecule has 0 aliphatic heterocycles.